The fourth-order valence-electron chi connectivity index (χ4n) is 0.316. The number of rotatable bonds is 0. The van der Waals surface area contributed by atoms with Crippen molar-refractivity contribution in [2.75, 3.05) is 0 Å². The van der Waals surface area contributed by atoms with Gasteiger partial charge < -0.3 is 9.97 Å². The van der Waals surface area contributed by atoms with Crippen LogP contribution in [0.25, 0.3) is 0 Å². The average molecular weight is 145 g/mol. The predicted molar refractivity (Wildman–Crippen MR) is 22.3 cm³/mol. The van der Waals surface area contributed by atoms with Gasteiger partial charge in [0, 0.05) is 0 Å². The van der Waals surface area contributed by atoms with E-state index in [1.807, 2.05) is 6.92 Å². The van der Waals surface area contributed by atoms with Gasteiger partial charge in [0.15, 0.2) is 0 Å². The fourth-order valence-corrected chi connectivity index (χ4v) is 0.316. The Balaban J connectivity index is 0.000000360. The van der Waals surface area contributed by atoms with Crippen molar-refractivity contribution in [1.29, 1.82) is 0 Å². The molecule has 0 radical (unpaired) electrons. The molecule has 1 rings (SSSR count). The van der Waals surface area contributed by atoms with E-state index in [-0.39, 0.29) is 17.1 Å². The van der Waals surface area contributed by atoms with E-state index >= 15 is 0 Å². The van der Waals surface area contributed by atoms with E-state index in [1.165, 1.54) is 0 Å². The number of hydrogen-bond acceptors (Lipinski definition) is 1. The van der Waals surface area contributed by atoms with Gasteiger partial charge in [-0.1, -0.05) is 18.2 Å². The number of imidazole rings is 1. The Labute approximate surface area is 52.8 Å². The molecule has 0 aromatic carbocycles. The third-order valence-corrected chi connectivity index (χ3v) is 0.589. The maximum Gasteiger partial charge on any atom is 1.00 e. The second-order valence-electron chi connectivity index (χ2n) is 1.10. The summed E-state index contributed by atoms with van der Waals surface area (Å²) in [6.45, 7) is 1.86. The predicted octanol–water partition coefficient (Wildman–Crippen LogP) is 0.345. The molecular formula is C4H5CuN2. The molecule has 0 fully saturated rings. The minimum Gasteiger partial charge on any atom is -0.447 e. The van der Waals surface area contributed by atoms with Crippen LogP contribution in [0.1, 0.15) is 5.82 Å². The van der Waals surface area contributed by atoms with E-state index in [2.05, 4.69) is 9.97 Å². The van der Waals surface area contributed by atoms with E-state index in [4.69, 9.17) is 0 Å². The van der Waals surface area contributed by atoms with Crippen molar-refractivity contribution in [1.82, 2.24) is 9.97 Å². The molecule has 0 atom stereocenters. The van der Waals surface area contributed by atoms with Crippen LogP contribution in [0.4, 0.5) is 0 Å². The number of aryl methyl sites for hydroxylation is 1. The summed E-state index contributed by atoms with van der Waals surface area (Å²) >= 11 is 0. The summed E-state index contributed by atoms with van der Waals surface area (Å²) in [5, 5.41) is 0. The minimum atomic E-state index is 0. The Morgan fingerprint density at radius 3 is 2.57 bits per heavy atom. The summed E-state index contributed by atoms with van der Waals surface area (Å²) in [6.07, 6.45) is 3.35. The summed E-state index contributed by atoms with van der Waals surface area (Å²) in [4.78, 5) is 7.61. The van der Waals surface area contributed by atoms with Gasteiger partial charge in [-0.05, 0) is 6.92 Å². The second-order valence-corrected chi connectivity index (χ2v) is 1.10. The molecule has 2 nitrogen and oxygen atoms in total. The van der Waals surface area contributed by atoms with Crippen LogP contribution in [0, 0.1) is 6.92 Å². The van der Waals surface area contributed by atoms with Crippen LogP contribution in [0.3, 0.4) is 0 Å². The van der Waals surface area contributed by atoms with Gasteiger partial charge in [-0.3, -0.25) is 0 Å². The van der Waals surface area contributed by atoms with Crippen LogP contribution in [0.2, 0.25) is 0 Å². The van der Waals surface area contributed by atoms with Gasteiger partial charge in [0.05, 0.1) is 0 Å². The van der Waals surface area contributed by atoms with Gasteiger partial charge in [-0.2, -0.15) is 0 Å². The molecule has 0 aliphatic heterocycles. The Kier molecular flexibility index (Phi) is 2.72. The van der Waals surface area contributed by atoms with Crippen molar-refractivity contribution in [3.63, 3.8) is 0 Å². The van der Waals surface area contributed by atoms with Crippen molar-refractivity contribution in [2.45, 2.75) is 6.92 Å². The van der Waals surface area contributed by atoms with Crippen LogP contribution >= 0.6 is 0 Å². The molecule has 1 aromatic heterocycles. The Bertz CT molecular complexity index is 113. The van der Waals surface area contributed by atoms with Crippen molar-refractivity contribution < 1.29 is 17.1 Å². The van der Waals surface area contributed by atoms with Gasteiger partial charge in [0.1, 0.15) is 0 Å². The first kappa shape index (κ1) is 6.73. The zero-order valence-electron chi connectivity index (χ0n) is 3.85. The third kappa shape index (κ3) is 1.76. The fraction of sp³-hybridized carbons (Fsp3) is 0.250. The molecule has 0 bridgehead atoms. The SMILES string of the molecule is Cc1ncc[n-]1.[Cu+]. The first-order valence-electron chi connectivity index (χ1n) is 1.80. The molecule has 1 heterocycles. The van der Waals surface area contributed by atoms with Gasteiger partial charge in [-0.25, -0.2) is 0 Å². The van der Waals surface area contributed by atoms with Crippen LogP contribution in [-0.2, 0) is 17.1 Å². The van der Waals surface area contributed by atoms with Crippen LogP contribution in [0.5, 0.6) is 0 Å². The zero-order valence-corrected chi connectivity index (χ0v) is 4.79. The molecule has 0 unspecified atom stereocenters. The molecule has 0 aliphatic carbocycles. The molecule has 3 heteroatoms. The van der Waals surface area contributed by atoms with Gasteiger partial charge in [0.25, 0.3) is 0 Å². The molecule has 0 saturated carbocycles. The molecule has 7 heavy (non-hydrogen) atoms. The summed E-state index contributed by atoms with van der Waals surface area (Å²) in [5.41, 5.74) is 0. The van der Waals surface area contributed by atoms with Crippen molar-refractivity contribution in [3.8, 4) is 0 Å². The molecule has 42 valence electrons. The molecule has 0 spiro atoms. The van der Waals surface area contributed by atoms with E-state index < -0.39 is 0 Å². The molecule has 0 saturated heterocycles. The molecule has 1 aromatic rings. The normalized spacial score (nSPS) is 7.57. The van der Waals surface area contributed by atoms with E-state index in [0.29, 0.717) is 0 Å². The van der Waals surface area contributed by atoms with Crippen LogP contribution in [-0.4, -0.2) is 4.98 Å². The topological polar surface area (TPSA) is 27.0 Å². The number of hydrogen-bond donors (Lipinski definition) is 0. The summed E-state index contributed by atoms with van der Waals surface area (Å²) in [5.74, 6) is 0.843. The van der Waals surface area contributed by atoms with Crippen molar-refractivity contribution in [3.05, 3.63) is 18.2 Å². The summed E-state index contributed by atoms with van der Waals surface area (Å²) in [6, 6.07) is 0. The first-order valence-corrected chi connectivity index (χ1v) is 1.80. The second kappa shape index (κ2) is 2.83. The van der Waals surface area contributed by atoms with Crippen molar-refractivity contribution >= 4 is 0 Å². The standard InChI is InChI=1S/C4H5N2.Cu/c1-4-5-2-3-6-4;/h2-3H,1H3;/q-1;+1. The van der Waals surface area contributed by atoms with E-state index in [0.717, 1.165) is 5.82 Å². The van der Waals surface area contributed by atoms with Crippen molar-refractivity contribution in [2.24, 2.45) is 0 Å². The monoisotopic (exact) mass is 144 g/mol. The van der Waals surface area contributed by atoms with Crippen LogP contribution < -0.4 is 4.98 Å². The Morgan fingerprint density at radius 2 is 2.43 bits per heavy atom. The van der Waals surface area contributed by atoms with Crippen LogP contribution in [0.15, 0.2) is 12.4 Å². The first-order chi connectivity index (χ1) is 2.89. The Morgan fingerprint density at radius 1 is 1.71 bits per heavy atom. The molecule has 0 aliphatic rings. The zero-order chi connectivity index (χ0) is 4.41. The summed E-state index contributed by atoms with van der Waals surface area (Å²) < 4.78 is 0. The largest absolute Gasteiger partial charge is 1.00 e. The Hall–Kier alpha value is -0.271. The number of nitrogens with zero attached hydrogens (tertiary/aromatic N) is 2. The van der Waals surface area contributed by atoms with Gasteiger partial charge in [-0.15, -0.1) is 0 Å². The smallest absolute Gasteiger partial charge is 0.447 e. The van der Waals surface area contributed by atoms with E-state index in [1.54, 1.807) is 12.4 Å². The molecular weight excluding hydrogens is 140 g/mol. The third-order valence-electron chi connectivity index (χ3n) is 0.589. The number of aromatic nitrogens is 2. The maximum absolute atomic E-state index is 3.81. The van der Waals surface area contributed by atoms with Gasteiger partial charge >= 0.3 is 17.1 Å². The molecule has 0 amide bonds. The quantitative estimate of drug-likeness (QED) is 0.492. The maximum atomic E-state index is 3.81. The molecule has 0 N–H and O–H groups in total. The van der Waals surface area contributed by atoms with E-state index in [9.17, 15) is 0 Å². The average Bonchev–Trinajstić information content (AvgIpc) is 1.86. The summed E-state index contributed by atoms with van der Waals surface area (Å²) in [7, 11) is 0. The van der Waals surface area contributed by atoms with Gasteiger partial charge in [0.2, 0.25) is 0 Å². The minimum absolute atomic E-state index is 0.